The van der Waals surface area contributed by atoms with Crippen LogP contribution in [0.2, 0.25) is 5.02 Å². The van der Waals surface area contributed by atoms with Crippen molar-refractivity contribution in [2.24, 2.45) is 0 Å². The minimum atomic E-state index is 0.846. The van der Waals surface area contributed by atoms with E-state index in [1.165, 1.54) is 5.56 Å². The van der Waals surface area contributed by atoms with Crippen molar-refractivity contribution < 1.29 is 0 Å². The van der Waals surface area contributed by atoms with E-state index in [0.29, 0.717) is 0 Å². The van der Waals surface area contributed by atoms with Gasteiger partial charge in [0.05, 0.1) is 10.7 Å². The van der Waals surface area contributed by atoms with Gasteiger partial charge >= 0.3 is 0 Å². The normalized spacial score (nSPS) is 11.0. The fourth-order valence-electron chi connectivity index (χ4n) is 1.83. The second kappa shape index (κ2) is 8.03. The third-order valence-electron chi connectivity index (χ3n) is 2.82. The van der Waals surface area contributed by atoms with Crippen molar-refractivity contribution in [3.8, 4) is 0 Å². The molecule has 2 nitrogen and oxygen atoms in total. The number of benzene rings is 1. The van der Waals surface area contributed by atoms with Crippen molar-refractivity contribution in [3.05, 3.63) is 28.8 Å². The van der Waals surface area contributed by atoms with Crippen molar-refractivity contribution in [1.82, 2.24) is 4.90 Å². The minimum absolute atomic E-state index is 0.846. The van der Waals surface area contributed by atoms with Gasteiger partial charge in [-0.2, -0.15) is 0 Å². The molecule has 18 heavy (non-hydrogen) atoms. The summed E-state index contributed by atoms with van der Waals surface area (Å²) in [6.45, 7) is 5.29. The summed E-state index contributed by atoms with van der Waals surface area (Å²) < 4.78 is 0. The zero-order valence-corrected chi connectivity index (χ0v) is 13.8. The van der Waals surface area contributed by atoms with Crippen LogP contribution in [-0.2, 0) is 5.33 Å². The van der Waals surface area contributed by atoms with Crippen molar-refractivity contribution in [2.75, 3.05) is 38.6 Å². The number of likely N-dealkylation sites (N-methyl/N-ethyl adjacent to an activating group) is 1. The van der Waals surface area contributed by atoms with Gasteiger partial charge in [-0.3, -0.25) is 0 Å². The molecule has 4 heteroatoms. The summed E-state index contributed by atoms with van der Waals surface area (Å²) in [5.41, 5.74) is 2.36. The quantitative estimate of drug-likeness (QED) is 0.696. The first-order chi connectivity index (χ1) is 8.58. The zero-order chi connectivity index (χ0) is 13.5. The molecule has 0 saturated heterocycles. The van der Waals surface area contributed by atoms with Crippen LogP contribution in [0.5, 0.6) is 0 Å². The number of hydrogen-bond acceptors (Lipinski definition) is 2. The topological polar surface area (TPSA) is 6.48 Å². The molecule has 0 aliphatic rings. The molecule has 0 amide bonds. The second-order valence-corrected chi connectivity index (χ2v) is 5.68. The number of hydrogen-bond donors (Lipinski definition) is 0. The first kappa shape index (κ1) is 15.8. The second-order valence-electron chi connectivity index (χ2n) is 4.71. The highest BCUT2D eigenvalue weighted by atomic mass is 79.9. The summed E-state index contributed by atoms with van der Waals surface area (Å²) in [6, 6.07) is 6.31. The maximum atomic E-state index is 6.38. The first-order valence-corrected chi connectivity index (χ1v) is 7.82. The summed E-state index contributed by atoms with van der Waals surface area (Å²) in [6.07, 6.45) is 1.13. The van der Waals surface area contributed by atoms with Crippen LogP contribution in [0.4, 0.5) is 5.69 Å². The Kier molecular flexibility index (Phi) is 7.05. The molecule has 0 bridgehead atoms. The van der Waals surface area contributed by atoms with Gasteiger partial charge in [0.1, 0.15) is 0 Å². The summed E-state index contributed by atoms with van der Waals surface area (Å²) in [4.78, 5) is 4.56. The molecular weight excluding hydrogens is 312 g/mol. The van der Waals surface area contributed by atoms with E-state index >= 15 is 0 Å². The molecule has 0 spiro atoms. The van der Waals surface area contributed by atoms with Gasteiger partial charge in [0, 0.05) is 25.0 Å². The molecule has 0 unspecified atom stereocenters. The van der Waals surface area contributed by atoms with Crippen LogP contribution in [0.25, 0.3) is 0 Å². The summed E-state index contributed by atoms with van der Waals surface area (Å²) >= 11 is 9.83. The van der Waals surface area contributed by atoms with E-state index < -0.39 is 0 Å². The molecule has 1 rings (SSSR count). The average Bonchev–Trinajstić information content (AvgIpc) is 2.34. The lowest BCUT2D eigenvalue weighted by Crippen LogP contribution is -2.32. The molecule has 0 aromatic heterocycles. The Morgan fingerprint density at radius 3 is 2.39 bits per heavy atom. The van der Waals surface area contributed by atoms with Crippen LogP contribution < -0.4 is 4.90 Å². The third-order valence-corrected chi connectivity index (χ3v) is 3.77. The Morgan fingerprint density at radius 2 is 1.89 bits per heavy atom. The van der Waals surface area contributed by atoms with E-state index in [1.54, 1.807) is 0 Å². The van der Waals surface area contributed by atoms with Gasteiger partial charge in [-0.25, -0.2) is 0 Å². The Balaban J connectivity index is 2.84. The van der Waals surface area contributed by atoms with Gasteiger partial charge in [-0.05, 0) is 38.2 Å². The van der Waals surface area contributed by atoms with Crippen LogP contribution in [0.1, 0.15) is 18.9 Å². The lowest BCUT2D eigenvalue weighted by molar-refractivity contribution is 0.413. The highest BCUT2D eigenvalue weighted by molar-refractivity contribution is 9.08. The van der Waals surface area contributed by atoms with Crippen molar-refractivity contribution in [1.29, 1.82) is 0 Å². The van der Waals surface area contributed by atoms with Gasteiger partial charge in [-0.1, -0.05) is 40.5 Å². The molecule has 0 radical (unpaired) electrons. The molecule has 0 aliphatic carbocycles. The van der Waals surface area contributed by atoms with Crippen LogP contribution in [-0.4, -0.2) is 38.6 Å². The van der Waals surface area contributed by atoms with Crippen molar-refractivity contribution >= 4 is 33.2 Å². The van der Waals surface area contributed by atoms with Crippen molar-refractivity contribution in [3.63, 3.8) is 0 Å². The predicted octanol–water partition coefficient (Wildman–Crippen LogP) is 4.01. The molecule has 0 heterocycles. The molecule has 102 valence electrons. The Morgan fingerprint density at radius 1 is 1.17 bits per heavy atom. The Bertz CT molecular complexity index is 369. The fourth-order valence-corrected chi connectivity index (χ4v) is 2.50. The molecule has 1 aromatic carbocycles. The summed E-state index contributed by atoms with van der Waals surface area (Å²) in [5, 5.41) is 1.69. The number of nitrogens with zero attached hydrogens (tertiary/aromatic N) is 2. The molecule has 1 aromatic rings. The monoisotopic (exact) mass is 332 g/mol. The number of rotatable bonds is 7. The van der Waals surface area contributed by atoms with Gasteiger partial charge in [0.15, 0.2) is 0 Å². The van der Waals surface area contributed by atoms with E-state index in [2.05, 4.69) is 58.9 Å². The molecule has 0 atom stereocenters. The maximum Gasteiger partial charge on any atom is 0.0642 e. The lowest BCUT2D eigenvalue weighted by Gasteiger charge is -2.27. The molecule has 0 aliphatic heterocycles. The van der Waals surface area contributed by atoms with Gasteiger partial charge < -0.3 is 9.80 Å². The molecule has 0 fully saturated rings. The largest absolute Gasteiger partial charge is 0.369 e. The summed E-state index contributed by atoms with van der Waals surface area (Å²) in [7, 11) is 4.19. The van der Waals surface area contributed by atoms with Gasteiger partial charge in [-0.15, -0.1) is 0 Å². The minimum Gasteiger partial charge on any atom is -0.369 e. The lowest BCUT2D eigenvalue weighted by atomic mass is 10.2. The average molecular weight is 334 g/mol. The van der Waals surface area contributed by atoms with E-state index in [1.807, 2.05) is 6.07 Å². The third kappa shape index (κ3) is 4.79. The van der Waals surface area contributed by atoms with E-state index in [-0.39, 0.29) is 0 Å². The first-order valence-electron chi connectivity index (χ1n) is 6.32. The Labute approximate surface area is 124 Å². The number of halogens is 2. The highest BCUT2D eigenvalue weighted by Gasteiger charge is 2.10. The molecular formula is C14H22BrClN2. The summed E-state index contributed by atoms with van der Waals surface area (Å²) in [5.74, 6) is 0. The van der Waals surface area contributed by atoms with Gasteiger partial charge in [0.2, 0.25) is 0 Å². The van der Waals surface area contributed by atoms with Crippen LogP contribution in [0.3, 0.4) is 0 Å². The predicted molar refractivity (Wildman–Crippen MR) is 85.1 cm³/mol. The van der Waals surface area contributed by atoms with Crippen LogP contribution >= 0.6 is 27.5 Å². The SMILES string of the molecule is CCCN(CCN(C)C)c1ccc(CBr)cc1Cl. The molecule has 0 saturated carbocycles. The maximum absolute atomic E-state index is 6.38. The van der Waals surface area contributed by atoms with Crippen LogP contribution in [0.15, 0.2) is 18.2 Å². The number of anilines is 1. The standard InChI is InChI=1S/C14H22BrClN2/c1-4-7-18(9-8-17(2)3)14-6-5-12(11-15)10-13(14)16/h5-6,10H,4,7-9,11H2,1-3H3. The Hall–Kier alpha value is -0.250. The van der Waals surface area contributed by atoms with E-state index in [0.717, 1.165) is 42.1 Å². The van der Waals surface area contributed by atoms with Gasteiger partial charge in [0.25, 0.3) is 0 Å². The fraction of sp³-hybridized carbons (Fsp3) is 0.571. The zero-order valence-electron chi connectivity index (χ0n) is 11.4. The van der Waals surface area contributed by atoms with E-state index in [9.17, 15) is 0 Å². The number of alkyl halides is 1. The van der Waals surface area contributed by atoms with E-state index in [4.69, 9.17) is 11.6 Å². The highest BCUT2D eigenvalue weighted by Crippen LogP contribution is 2.27. The van der Waals surface area contributed by atoms with Crippen LogP contribution in [0, 0.1) is 0 Å². The smallest absolute Gasteiger partial charge is 0.0642 e. The molecule has 0 N–H and O–H groups in total. The van der Waals surface area contributed by atoms with Crippen molar-refractivity contribution in [2.45, 2.75) is 18.7 Å².